The van der Waals surface area contributed by atoms with E-state index in [9.17, 15) is 0 Å². The highest BCUT2D eigenvalue weighted by atomic mass is 35.6. The molecular formula is C7H21ClSi3. The fourth-order valence-electron chi connectivity index (χ4n) is 0.892. The monoisotopic (exact) mass is 224 g/mol. The molecule has 0 nitrogen and oxygen atoms in total. The molecule has 0 aromatic heterocycles. The minimum atomic E-state index is -1.35. The molecule has 0 aliphatic carbocycles. The minimum Gasteiger partial charge on any atom is -0.171 e. The summed E-state index contributed by atoms with van der Waals surface area (Å²) in [7, 11) is -2.01. The normalized spacial score (nSPS) is 15.3. The Morgan fingerprint density at radius 2 is 1.00 bits per heavy atom. The summed E-state index contributed by atoms with van der Waals surface area (Å²) in [5, 5.41) is 0. The zero-order valence-corrected chi connectivity index (χ0v) is 12.6. The van der Waals surface area contributed by atoms with Crippen molar-refractivity contribution in [1.29, 1.82) is 0 Å². The summed E-state index contributed by atoms with van der Waals surface area (Å²) in [6.45, 7) is 15.7. The third-order valence-electron chi connectivity index (χ3n) is 3.36. The van der Waals surface area contributed by atoms with Crippen molar-refractivity contribution in [3.8, 4) is 0 Å². The predicted octanol–water partition coefficient (Wildman–Crippen LogP) is 3.63. The molecule has 0 aliphatic rings. The molecule has 0 bridgehead atoms. The summed E-state index contributed by atoms with van der Waals surface area (Å²) in [5.74, 6) is 0. The maximum absolute atomic E-state index is 6.54. The lowest BCUT2D eigenvalue weighted by Crippen LogP contribution is -2.66. The van der Waals surface area contributed by atoms with Crippen molar-refractivity contribution in [2.45, 2.75) is 45.8 Å². The summed E-state index contributed by atoms with van der Waals surface area (Å²) < 4.78 is 0. The van der Waals surface area contributed by atoms with Crippen molar-refractivity contribution in [3.05, 3.63) is 0 Å². The SMILES string of the molecule is C[Si](C)(C)[Si](C)(C)[Si](C)(C)Cl. The molecule has 0 atom stereocenters. The van der Waals surface area contributed by atoms with Crippen molar-refractivity contribution >= 4 is 32.7 Å². The average molecular weight is 225 g/mol. The van der Waals surface area contributed by atoms with Gasteiger partial charge in [0.2, 0.25) is 0 Å². The molecule has 0 spiro atoms. The van der Waals surface area contributed by atoms with E-state index in [-0.39, 0.29) is 0 Å². The van der Waals surface area contributed by atoms with E-state index in [2.05, 4.69) is 45.8 Å². The molecule has 68 valence electrons. The first-order valence-electron chi connectivity index (χ1n) is 4.19. The average Bonchev–Trinajstić information content (AvgIpc) is 1.58. The smallest absolute Gasteiger partial charge is 0.138 e. The van der Waals surface area contributed by atoms with Crippen molar-refractivity contribution in [3.63, 3.8) is 0 Å². The van der Waals surface area contributed by atoms with Gasteiger partial charge in [0.25, 0.3) is 0 Å². The van der Waals surface area contributed by atoms with Crippen LogP contribution in [0.25, 0.3) is 0 Å². The lowest BCUT2D eigenvalue weighted by Gasteiger charge is -2.42. The number of hydrogen-bond acceptors (Lipinski definition) is 0. The zero-order valence-electron chi connectivity index (χ0n) is 8.88. The highest BCUT2D eigenvalue weighted by molar-refractivity contribution is 7.77. The minimum absolute atomic E-state index is 0.952. The van der Waals surface area contributed by atoms with Gasteiger partial charge in [0.15, 0.2) is 0 Å². The molecule has 0 N–H and O–H groups in total. The number of rotatable bonds is 2. The maximum atomic E-state index is 6.54. The second-order valence-corrected chi connectivity index (χ2v) is 37.1. The van der Waals surface area contributed by atoms with E-state index in [4.69, 9.17) is 11.1 Å². The van der Waals surface area contributed by atoms with Crippen LogP contribution in [0.4, 0.5) is 0 Å². The topological polar surface area (TPSA) is 0 Å². The second kappa shape index (κ2) is 3.01. The third kappa shape index (κ3) is 2.44. The summed E-state index contributed by atoms with van der Waals surface area (Å²) in [6.07, 6.45) is 0. The van der Waals surface area contributed by atoms with Gasteiger partial charge in [0.05, 0.1) is 7.11 Å². The van der Waals surface area contributed by atoms with Crippen LogP contribution in [0, 0.1) is 0 Å². The van der Waals surface area contributed by atoms with Gasteiger partial charge in [-0.15, -0.1) is 0 Å². The molecule has 0 aromatic carbocycles. The van der Waals surface area contributed by atoms with Gasteiger partial charge in [0.1, 0.15) is 6.90 Å². The van der Waals surface area contributed by atoms with Crippen molar-refractivity contribution in [2.75, 3.05) is 0 Å². The van der Waals surface area contributed by atoms with E-state index < -0.39 is 21.6 Å². The van der Waals surface area contributed by atoms with E-state index in [1.165, 1.54) is 0 Å². The molecule has 11 heavy (non-hydrogen) atoms. The Morgan fingerprint density at radius 1 is 0.727 bits per heavy atom. The lowest BCUT2D eigenvalue weighted by molar-refractivity contribution is 1.76. The molecule has 0 aromatic rings. The van der Waals surface area contributed by atoms with Crippen LogP contribution in [0.15, 0.2) is 0 Å². The highest BCUT2D eigenvalue weighted by Gasteiger charge is 2.48. The predicted molar refractivity (Wildman–Crippen MR) is 64.2 cm³/mol. The Balaban J connectivity index is 4.75. The third-order valence-corrected chi connectivity index (χ3v) is 48.3. The van der Waals surface area contributed by atoms with Crippen LogP contribution in [0.3, 0.4) is 0 Å². The van der Waals surface area contributed by atoms with Crippen LogP contribution in [-0.2, 0) is 0 Å². The fraction of sp³-hybridized carbons (Fsp3) is 1.00. The van der Waals surface area contributed by atoms with E-state index in [0.29, 0.717) is 0 Å². The first-order valence-corrected chi connectivity index (χ1v) is 16.7. The highest BCUT2D eigenvalue weighted by Crippen LogP contribution is 2.30. The maximum Gasteiger partial charge on any atom is 0.138 e. The van der Waals surface area contributed by atoms with Crippen LogP contribution in [-0.4, -0.2) is 21.6 Å². The fourth-order valence-corrected chi connectivity index (χ4v) is 31.7. The Labute approximate surface area is 78.7 Å². The van der Waals surface area contributed by atoms with Gasteiger partial charge in [-0.25, -0.2) is 0 Å². The lowest BCUT2D eigenvalue weighted by atomic mass is 11.8. The van der Waals surface area contributed by atoms with Crippen molar-refractivity contribution in [1.82, 2.24) is 0 Å². The van der Waals surface area contributed by atoms with Gasteiger partial charge < -0.3 is 0 Å². The van der Waals surface area contributed by atoms with Crippen molar-refractivity contribution in [2.24, 2.45) is 0 Å². The van der Waals surface area contributed by atoms with Gasteiger partial charge in [-0.05, 0) is 0 Å². The van der Waals surface area contributed by atoms with Gasteiger partial charge in [-0.2, -0.15) is 11.1 Å². The van der Waals surface area contributed by atoms with E-state index in [1.807, 2.05) is 0 Å². The molecule has 0 saturated heterocycles. The quantitative estimate of drug-likeness (QED) is 0.497. The summed E-state index contributed by atoms with van der Waals surface area (Å²) >= 11 is 6.54. The summed E-state index contributed by atoms with van der Waals surface area (Å²) in [5.41, 5.74) is 0. The van der Waals surface area contributed by atoms with E-state index >= 15 is 0 Å². The van der Waals surface area contributed by atoms with Crippen molar-refractivity contribution < 1.29 is 0 Å². The molecule has 0 unspecified atom stereocenters. The van der Waals surface area contributed by atoms with Gasteiger partial charge in [-0.1, -0.05) is 45.8 Å². The van der Waals surface area contributed by atoms with Crippen LogP contribution < -0.4 is 0 Å². The largest absolute Gasteiger partial charge is 0.171 e. The molecule has 0 amide bonds. The molecule has 4 heteroatoms. The Hall–Kier alpha value is 0.941. The summed E-state index contributed by atoms with van der Waals surface area (Å²) in [6, 6.07) is 0. The van der Waals surface area contributed by atoms with Crippen LogP contribution >= 0.6 is 11.1 Å². The Morgan fingerprint density at radius 3 is 1.00 bits per heavy atom. The first kappa shape index (κ1) is 11.9. The summed E-state index contributed by atoms with van der Waals surface area (Å²) in [4.78, 5) is 0. The molecule has 0 rings (SSSR count). The van der Waals surface area contributed by atoms with E-state index in [1.54, 1.807) is 0 Å². The molecule has 0 heterocycles. The molecule has 0 aliphatic heterocycles. The van der Waals surface area contributed by atoms with Crippen LogP contribution in [0.1, 0.15) is 0 Å². The molecule has 0 radical (unpaired) electrons. The Kier molecular flexibility index (Phi) is 3.27. The van der Waals surface area contributed by atoms with Crippen LogP contribution in [0.2, 0.25) is 45.8 Å². The Bertz CT molecular complexity index is 125. The van der Waals surface area contributed by atoms with E-state index in [0.717, 1.165) is 0 Å². The number of halogens is 1. The molecular weight excluding hydrogens is 204 g/mol. The molecule has 0 saturated carbocycles. The molecule has 0 fully saturated rings. The van der Waals surface area contributed by atoms with Gasteiger partial charge >= 0.3 is 0 Å². The standard InChI is InChI=1S/C7H21ClSi3/c1-9(2,3)11(6,7)10(4,5)8/h1-7H3. The van der Waals surface area contributed by atoms with Gasteiger partial charge in [0, 0.05) is 7.59 Å². The second-order valence-electron chi connectivity index (χ2n) is 5.35. The zero-order chi connectivity index (χ0) is 9.50. The first-order chi connectivity index (χ1) is 4.50. The van der Waals surface area contributed by atoms with Gasteiger partial charge in [-0.3, -0.25) is 0 Å². The number of hydrogen-bond donors (Lipinski definition) is 0. The van der Waals surface area contributed by atoms with Crippen LogP contribution in [0.5, 0.6) is 0 Å².